The van der Waals surface area contributed by atoms with E-state index in [9.17, 15) is 0 Å². The number of ether oxygens (including phenoxy) is 1. The summed E-state index contributed by atoms with van der Waals surface area (Å²) in [5, 5.41) is 3.07. The van der Waals surface area contributed by atoms with Crippen molar-refractivity contribution in [1.82, 2.24) is 4.98 Å². The highest BCUT2D eigenvalue weighted by Crippen LogP contribution is 2.24. The second kappa shape index (κ2) is 4.04. The number of nitrogens with zero attached hydrogens (tertiary/aromatic N) is 1. The van der Waals surface area contributed by atoms with Gasteiger partial charge in [0.15, 0.2) is 0 Å². The average molecular weight is 204 g/mol. The van der Waals surface area contributed by atoms with E-state index in [0.717, 1.165) is 17.0 Å². The number of aryl methyl sites for hydroxylation is 1. The van der Waals surface area contributed by atoms with Crippen LogP contribution < -0.4 is 10.1 Å². The molecule has 4 heteroatoms. The summed E-state index contributed by atoms with van der Waals surface area (Å²) < 4.78 is 10.2. The van der Waals surface area contributed by atoms with Crippen LogP contribution in [-0.2, 0) is 0 Å². The van der Waals surface area contributed by atoms with Gasteiger partial charge in [-0.15, -0.1) is 0 Å². The summed E-state index contributed by atoms with van der Waals surface area (Å²) in [6.45, 7) is 2.00. The van der Waals surface area contributed by atoms with E-state index in [0.29, 0.717) is 6.01 Å². The van der Waals surface area contributed by atoms with Gasteiger partial charge >= 0.3 is 0 Å². The summed E-state index contributed by atoms with van der Waals surface area (Å²) in [4.78, 5) is 3.99. The Labute approximate surface area is 87.9 Å². The molecule has 15 heavy (non-hydrogen) atoms. The van der Waals surface area contributed by atoms with Crippen molar-refractivity contribution in [3.05, 3.63) is 36.2 Å². The van der Waals surface area contributed by atoms with Crippen LogP contribution in [0.15, 0.2) is 35.1 Å². The average Bonchev–Trinajstić information content (AvgIpc) is 2.74. The number of nitrogens with one attached hydrogen (secondary N) is 1. The SMILES string of the molecule is COc1ccc(C)c(Nc2ncco2)c1. The molecule has 0 amide bonds. The van der Waals surface area contributed by atoms with E-state index in [1.807, 2.05) is 25.1 Å². The highest BCUT2D eigenvalue weighted by Gasteiger charge is 2.03. The summed E-state index contributed by atoms with van der Waals surface area (Å²) in [5.74, 6) is 0.801. The largest absolute Gasteiger partial charge is 0.497 e. The van der Waals surface area contributed by atoms with Gasteiger partial charge in [-0.2, -0.15) is 0 Å². The van der Waals surface area contributed by atoms with Gasteiger partial charge in [-0.05, 0) is 18.6 Å². The van der Waals surface area contributed by atoms with E-state index in [1.165, 1.54) is 6.26 Å². The lowest BCUT2D eigenvalue weighted by Crippen LogP contribution is -1.94. The van der Waals surface area contributed by atoms with Gasteiger partial charge in [-0.3, -0.25) is 0 Å². The lowest BCUT2D eigenvalue weighted by Gasteiger charge is -2.07. The number of anilines is 2. The monoisotopic (exact) mass is 204 g/mol. The molecular formula is C11H12N2O2. The van der Waals surface area contributed by atoms with Crippen LogP contribution >= 0.6 is 0 Å². The highest BCUT2D eigenvalue weighted by molar-refractivity contribution is 5.59. The summed E-state index contributed by atoms with van der Waals surface area (Å²) >= 11 is 0. The van der Waals surface area contributed by atoms with Crippen LogP contribution in [0.1, 0.15) is 5.56 Å². The van der Waals surface area contributed by atoms with Crippen molar-refractivity contribution in [3.8, 4) is 5.75 Å². The summed E-state index contributed by atoms with van der Waals surface area (Å²) in [7, 11) is 1.64. The predicted octanol–water partition coefficient (Wildman–Crippen LogP) is 2.74. The zero-order chi connectivity index (χ0) is 10.7. The Morgan fingerprint density at radius 3 is 2.93 bits per heavy atom. The Balaban J connectivity index is 2.27. The van der Waals surface area contributed by atoms with Crippen LogP contribution in [0.5, 0.6) is 5.75 Å². The molecule has 1 heterocycles. The van der Waals surface area contributed by atoms with Crippen molar-refractivity contribution in [2.75, 3.05) is 12.4 Å². The van der Waals surface area contributed by atoms with Crippen LogP contribution in [-0.4, -0.2) is 12.1 Å². The molecule has 0 atom stereocenters. The standard InChI is InChI=1S/C11H12N2O2/c1-8-3-4-9(14-2)7-10(8)13-11-12-5-6-15-11/h3-7H,1-2H3,(H,12,13). The summed E-state index contributed by atoms with van der Waals surface area (Å²) in [6.07, 6.45) is 3.12. The number of rotatable bonds is 3. The Bertz CT molecular complexity index is 438. The minimum Gasteiger partial charge on any atom is -0.497 e. The minimum atomic E-state index is 0.478. The van der Waals surface area contributed by atoms with Crippen molar-refractivity contribution < 1.29 is 9.15 Å². The van der Waals surface area contributed by atoms with Gasteiger partial charge in [0.1, 0.15) is 12.0 Å². The molecule has 1 aromatic carbocycles. The predicted molar refractivity (Wildman–Crippen MR) is 57.5 cm³/mol. The Morgan fingerprint density at radius 1 is 1.40 bits per heavy atom. The maximum atomic E-state index is 5.14. The third-order valence-corrected chi connectivity index (χ3v) is 2.12. The number of hydrogen-bond donors (Lipinski definition) is 1. The molecule has 0 saturated carbocycles. The molecule has 1 N–H and O–H groups in total. The van der Waals surface area contributed by atoms with Crippen LogP contribution in [0.2, 0.25) is 0 Å². The van der Waals surface area contributed by atoms with Gasteiger partial charge in [0.05, 0.1) is 13.3 Å². The van der Waals surface area contributed by atoms with Crippen molar-refractivity contribution in [3.63, 3.8) is 0 Å². The maximum absolute atomic E-state index is 5.14. The van der Waals surface area contributed by atoms with Gasteiger partial charge in [0, 0.05) is 11.8 Å². The lowest BCUT2D eigenvalue weighted by molar-refractivity contribution is 0.415. The molecular weight excluding hydrogens is 192 g/mol. The molecule has 0 saturated heterocycles. The van der Waals surface area contributed by atoms with E-state index in [2.05, 4.69) is 10.3 Å². The van der Waals surface area contributed by atoms with Crippen molar-refractivity contribution in [2.45, 2.75) is 6.92 Å². The summed E-state index contributed by atoms with van der Waals surface area (Å²) in [5.41, 5.74) is 2.03. The van der Waals surface area contributed by atoms with Gasteiger partial charge in [-0.25, -0.2) is 4.98 Å². The fourth-order valence-corrected chi connectivity index (χ4v) is 1.26. The first-order valence-electron chi connectivity index (χ1n) is 4.61. The van der Waals surface area contributed by atoms with E-state index in [-0.39, 0.29) is 0 Å². The first-order valence-corrected chi connectivity index (χ1v) is 4.61. The smallest absolute Gasteiger partial charge is 0.299 e. The number of hydrogen-bond acceptors (Lipinski definition) is 4. The zero-order valence-electron chi connectivity index (χ0n) is 8.65. The van der Waals surface area contributed by atoms with Crippen molar-refractivity contribution >= 4 is 11.7 Å². The van der Waals surface area contributed by atoms with E-state index in [4.69, 9.17) is 9.15 Å². The number of methoxy groups -OCH3 is 1. The normalized spacial score (nSPS) is 10.0. The van der Waals surface area contributed by atoms with Gasteiger partial charge < -0.3 is 14.5 Å². The minimum absolute atomic E-state index is 0.478. The number of aromatic nitrogens is 1. The third kappa shape index (κ3) is 2.10. The van der Waals surface area contributed by atoms with Crippen molar-refractivity contribution in [1.29, 1.82) is 0 Å². The number of benzene rings is 1. The van der Waals surface area contributed by atoms with Crippen molar-refractivity contribution in [2.24, 2.45) is 0 Å². The molecule has 0 aliphatic heterocycles. The molecule has 0 aliphatic rings. The van der Waals surface area contributed by atoms with Crippen LogP contribution in [0.3, 0.4) is 0 Å². The van der Waals surface area contributed by atoms with Gasteiger partial charge in [-0.1, -0.05) is 6.07 Å². The summed E-state index contributed by atoms with van der Waals surface area (Å²) in [6, 6.07) is 6.27. The van der Waals surface area contributed by atoms with E-state index in [1.54, 1.807) is 13.3 Å². The molecule has 1 aromatic heterocycles. The van der Waals surface area contributed by atoms with Crippen LogP contribution in [0.4, 0.5) is 11.7 Å². The fourth-order valence-electron chi connectivity index (χ4n) is 1.26. The van der Waals surface area contributed by atoms with Crippen LogP contribution in [0.25, 0.3) is 0 Å². The molecule has 2 aromatic rings. The Hall–Kier alpha value is -1.97. The molecule has 0 aliphatic carbocycles. The second-order valence-corrected chi connectivity index (χ2v) is 3.14. The molecule has 4 nitrogen and oxygen atoms in total. The first kappa shape index (κ1) is 9.58. The fraction of sp³-hybridized carbons (Fsp3) is 0.182. The lowest BCUT2D eigenvalue weighted by atomic mass is 10.2. The van der Waals surface area contributed by atoms with Gasteiger partial charge in [0.2, 0.25) is 0 Å². The first-order chi connectivity index (χ1) is 7.29. The second-order valence-electron chi connectivity index (χ2n) is 3.14. The Kier molecular flexibility index (Phi) is 2.58. The van der Waals surface area contributed by atoms with Gasteiger partial charge in [0.25, 0.3) is 6.01 Å². The molecule has 2 rings (SSSR count). The highest BCUT2D eigenvalue weighted by atomic mass is 16.5. The van der Waals surface area contributed by atoms with E-state index < -0.39 is 0 Å². The molecule has 0 radical (unpaired) electrons. The molecule has 0 fully saturated rings. The topological polar surface area (TPSA) is 47.3 Å². The number of oxazole rings is 1. The molecule has 78 valence electrons. The molecule has 0 unspecified atom stereocenters. The zero-order valence-corrected chi connectivity index (χ0v) is 8.65. The third-order valence-electron chi connectivity index (χ3n) is 2.12. The Morgan fingerprint density at radius 2 is 2.27 bits per heavy atom. The molecule has 0 spiro atoms. The van der Waals surface area contributed by atoms with Crippen LogP contribution in [0, 0.1) is 6.92 Å². The quantitative estimate of drug-likeness (QED) is 0.835. The molecule has 0 bridgehead atoms. The maximum Gasteiger partial charge on any atom is 0.299 e. The van der Waals surface area contributed by atoms with E-state index >= 15 is 0 Å².